The van der Waals surface area contributed by atoms with Crippen LogP contribution in [0.4, 0.5) is 11.4 Å². The summed E-state index contributed by atoms with van der Waals surface area (Å²) in [6.45, 7) is -0.308. The summed E-state index contributed by atoms with van der Waals surface area (Å²) in [6.07, 6.45) is 2.36. The molecule has 0 bridgehead atoms. The van der Waals surface area contributed by atoms with Crippen molar-refractivity contribution in [2.45, 2.75) is 6.61 Å². The lowest BCUT2D eigenvalue weighted by Crippen LogP contribution is -2.39. The minimum atomic E-state index is -3.84. The first kappa shape index (κ1) is 27.4. The van der Waals surface area contributed by atoms with Crippen molar-refractivity contribution in [3.05, 3.63) is 93.0 Å². The minimum absolute atomic E-state index is 0.00713. The zero-order valence-electron chi connectivity index (χ0n) is 19.8. The van der Waals surface area contributed by atoms with Crippen LogP contribution >= 0.6 is 11.6 Å². The summed E-state index contributed by atoms with van der Waals surface area (Å²) in [5.41, 5.74) is 3.86. The summed E-state index contributed by atoms with van der Waals surface area (Å²) in [4.78, 5) is 22.7. The van der Waals surface area contributed by atoms with Gasteiger partial charge in [-0.25, -0.2) is 13.8 Å². The summed E-state index contributed by atoms with van der Waals surface area (Å²) in [6, 6.07) is 17.3. The normalized spacial score (nSPS) is 11.2. The van der Waals surface area contributed by atoms with Crippen molar-refractivity contribution in [3.63, 3.8) is 0 Å². The van der Waals surface area contributed by atoms with Gasteiger partial charge in [-0.1, -0.05) is 11.6 Å². The lowest BCUT2D eigenvalue weighted by Gasteiger charge is -2.23. The van der Waals surface area contributed by atoms with Crippen LogP contribution in [-0.2, 0) is 21.4 Å². The van der Waals surface area contributed by atoms with E-state index in [9.17, 15) is 23.3 Å². The molecule has 13 heteroatoms. The van der Waals surface area contributed by atoms with E-state index in [1.54, 1.807) is 42.5 Å². The van der Waals surface area contributed by atoms with Gasteiger partial charge in [0.1, 0.15) is 24.7 Å². The molecule has 0 atom stereocenters. The second-order valence-corrected chi connectivity index (χ2v) is 10.0. The smallest absolute Gasteiger partial charge is 0.269 e. The third-order valence-electron chi connectivity index (χ3n) is 4.93. The van der Waals surface area contributed by atoms with E-state index in [1.165, 1.54) is 37.6 Å². The Hall–Kier alpha value is -4.16. The largest absolute Gasteiger partial charge is 0.495 e. The highest BCUT2D eigenvalue weighted by Gasteiger charge is 2.24. The predicted molar refractivity (Wildman–Crippen MR) is 140 cm³/mol. The Labute approximate surface area is 218 Å². The molecule has 194 valence electrons. The van der Waals surface area contributed by atoms with E-state index < -0.39 is 27.4 Å². The van der Waals surface area contributed by atoms with Crippen molar-refractivity contribution in [2.75, 3.05) is 24.2 Å². The van der Waals surface area contributed by atoms with E-state index in [0.717, 1.165) is 16.1 Å². The van der Waals surface area contributed by atoms with Gasteiger partial charge in [-0.3, -0.25) is 19.2 Å². The number of methoxy groups -OCH3 is 1. The van der Waals surface area contributed by atoms with Crippen LogP contribution in [0.25, 0.3) is 0 Å². The lowest BCUT2D eigenvalue weighted by molar-refractivity contribution is -0.384. The molecule has 0 fully saturated rings. The standard InChI is InChI=1S/C24H23ClN4O7S/c1-35-23-12-7-19(25)13-22(23)28(37(2,33)34)15-24(30)27-26-14-17-5-10-21(11-6-17)36-16-18-3-8-20(9-4-18)29(31)32/h3-14H,15-16H2,1-2H3,(H,27,30)/b26-14-. The molecule has 37 heavy (non-hydrogen) atoms. The number of nitrogens with one attached hydrogen (secondary N) is 1. The maximum absolute atomic E-state index is 12.4. The number of benzene rings is 3. The van der Waals surface area contributed by atoms with E-state index in [-0.39, 0.29) is 28.8 Å². The molecule has 3 aromatic carbocycles. The molecule has 0 aromatic heterocycles. The average Bonchev–Trinajstić information content (AvgIpc) is 2.86. The summed E-state index contributed by atoms with van der Waals surface area (Å²) < 4.78 is 36.4. The number of ether oxygens (including phenoxy) is 2. The number of rotatable bonds is 11. The Morgan fingerprint density at radius 1 is 1.14 bits per heavy atom. The number of hydrazone groups is 1. The number of anilines is 1. The molecular formula is C24H23ClN4O7S. The highest BCUT2D eigenvalue weighted by molar-refractivity contribution is 7.92. The first-order chi connectivity index (χ1) is 17.6. The zero-order valence-corrected chi connectivity index (χ0v) is 21.4. The topological polar surface area (TPSA) is 140 Å². The van der Waals surface area contributed by atoms with Crippen LogP contribution in [0.3, 0.4) is 0 Å². The van der Waals surface area contributed by atoms with Gasteiger partial charge in [0.05, 0.1) is 30.2 Å². The summed E-state index contributed by atoms with van der Waals surface area (Å²) >= 11 is 6.00. The van der Waals surface area contributed by atoms with Crippen LogP contribution in [0.15, 0.2) is 71.8 Å². The van der Waals surface area contributed by atoms with E-state index in [2.05, 4.69) is 10.5 Å². The molecule has 0 aliphatic carbocycles. The third-order valence-corrected chi connectivity index (χ3v) is 6.29. The highest BCUT2D eigenvalue weighted by atomic mass is 35.5. The second kappa shape index (κ2) is 12.2. The Balaban J connectivity index is 1.57. The quantitative estimate of drug-likeness (QED) is 0.219. The van der Waals surface area contributed by atoms with Crippen molar-refractivity contribution in [2.24, 2.45) is 5.10 Å². The van der Waals surface area contributed by atoms with Crippen molar-refractivity contribution in [1.29, 1.82) is 0 Å². The molecule has 11 nitrogen and oxygen atoms in total. The van der Waals surface area contributed by atoms with Crippen LogP contribution < -0.4 is 19.2 Å². The number of sulfonamides is 1. The van der Waals surface area contributed by atoms with Gasteiger partial charge in [-0.2, -0.15) is 5.10 Å². The number of non-ortho nitro benzene ring substituents is 1. The first-order valence-corrected chi connectivity index (χ1v) is 12.9. The van der Waals surface area contributed by atoms with E-state index in [0.29, 0.717) is 11.3 Å². The van der Waals surface area contributed by atoms with Gasteiger partial charge in [-0.05, 0) is 65.7 Å². The van der Waals surface area contributed by atoms with Gasteiger partial charge in [0, 0.05) is 17.2 Å². The highest BCUT2D eigenvalue weighted by Crippen LogP contribution is 2.32. The first-order valence-electron chi connectivity index (χ1n) is 10.7. The van der Waals surface area contributed by atoms with E-state index in [1.807, 2.05) is 0 Å². The number of carbonyl (C=O) groups is 1. The maximum Gasteiger partial charge on any atom is 0.269 e. The number of nitro groups is 1. The summed E-state index contributed by atoms with van der Waals surface area (Å²) in [5.74, 6) is 0.132. The molecule has 0 aliphatic heterocycles. The molecule has 0 unspecified atom stereocenters. The maximum atomic E-state index is 12.4. The third kappa shape index (κ3) is 7.92. The molecular weight excluding hydrogens is 524 g/mol. The summed E-state index contributed by atoms with van der Waals surface area (Å²) in [5, 5.41) is 14.9. The Morgan fingerprint density at radius 2 is 1.81 bits per heavy atom. The fourth-order valence-corrected chi connectivity index (χ4v) is 4.13. The predicted octanol–water partition coefficient (Wildman–Crippen LogP) is 3.75. The number of nitro benzene ring substituents is 1. The van der Waals surface area contributed by atoms with Gasteiger partial charge in [0.2, 0.25) is 10.0 Å². The van der Waals surface area contributed by atoms with Crippen LogP contribution in [0, 0.1) is 10.1 Å². The molecule has 0 saturated heterocycles. The van der Waals surface area contributed by atoms with E-state index in [4.69, 9.17) is 21.1 Å². The molecule has 3 rings (SSSR count). The van der Waals surface area contributed by atoms with Crippen LogP contribution in [0.2, 0.25) is 5.02 Å². The van der Waals surface area contributed by atoms with Gasteiger partial charge >= 0.3 is 0 Å². The molecule has 0 heterocycles. The zero-order chi connectivity index (χ0) is 27.0. The van der Waals surface area contributed by atoms with Crippen molar-refractivity contribution >= 4 is 45.1 Å². The average molecular weight is 547 g/mol. The summed E-state index contributed by atoms with van der Waals surface area (Å²) in [7, 11) is -2.46. The number of nitrogens with zero attached hydrogens (tertiary/aromatic N) is 3. The lowest BCUT2D eigenvalue weighted by atomic mass is 10.2. The van der Waals surface area contributed by atoms with Gasteiger partial charge in [0.25, 0.3) is 11.6 Å². The van der Waals surface area contributed by atoms with Gasteiger partial charge < -0.3 is 9.47 Å². The SMILES string of the molecule is COc1ccc(Cl)cc1N(CC(=O)N/N=C\c1ccc(OCc2ccc([N+](=O)[O-])cc2)cc1)S(C)(=O)=O. The Bertz CT molecular complexity index is 1400. The van der Waals surface area contributed by atoms with Crippen LogP contribution in [0.5, 0.6) is 11.5 Å². The molecule has 0 radical (unpaired) electrons. The number of amides is 1. The fourth-order valence-electron chi connectivity index (χ4n) is 3.11. The molecule has 0 spiro atoms. The van der Waals surface area contributed by atoms with Gasteiger partial charge in [-0.15, -0.1) is 0 Å². The second-order valence-electron chi connectivity index (χ2n) is 7.66. The van der Waals surface area contributed by atoms with E-state index >= 15 is 0 Å². The molecule has 0 saturated carbocycles. The van der Waals surface area contributed by atoms with Crippen LogP contribution in [0.1, 0.15) is 11.1 Å². The number of halogens is 1. The van der Waals surface area contributed by atoms with Crippen molar-refractivity contribution < 1.29 is 27.6 Å². The fraction of sp³-hybridized carbons (Fsp3) is 0.167. The Morgan fingerprint density at radius 3 is 2.41 bits per heavy atom. The number of carbonyl (C=O) groups excluding carboxylic acids is 1. The van der Waals surface area contributed by atoms with Gasteiger partial charge in [0.15, 0.2) is 0 Å². The van der Waals surface area contributed by atoms with Crippen LogP contribution in [-0.4, -0.2) is 45.4 Å². The number of hydrogen-bond donors (Lipinski definition) is 1. The van der Waals surface area contributed by atoms with Crippen molar-refractivity contribution in [1.82, 2.24) is 5.43 Å². The Kier molecular flexibility index (Phi) is 9.04. The molecule has 3 aromatic rings. The minimum Gasteiger partial charge on any atom is -0.495 e. The number of hydrogen-bond acceptors (Lipinski definition) is 8. The molecule has 1 N–H and O–H groups in total. The molecule has 0 aliphatic rings. The monoisotopic (exact) mass is 546 g/mol. The molecule has 1 amide bonds. The van der Waals surface area contributed by atoms with Crippen molar-refractivity contribution in [3.8, 4) is 11.5 Å².